The number of benzene rings is 1. The van der Waals surface area contributed by atoms with Gasteiger partial charge in [-0.3, -0.25) is 4.79 Å². The topological polar surface area (TPSA) is 55.1 Å². The summed E-state index contributed by atoms with van der Waals surface area (Å²) in [5.74, 6) is 6.45. The minimum atomic E-state index is -0.0398. The van der Waals surface area contributed by atoms with Crippen LogP contribution in [0.15, 0.2) is 18.2 Å². The van der Waals surface area contributed by atoms with E-state index in [0.29, 0.717) is 18.0 Å². The van der Waals surface area contributed by atoms with Crippen molar-refractivity contribution in [1.82, 2.24) is 5.32 Å². The fourth-order valence-corrected chi connectivity index (χ4v) is 2.01. The predicted molar refractivity (Wildman–Crippen MR) is 88.1 cm³/mol. The van der Waals surface area contributed by atoms with Crippen LogP contribution in [0.4, 0.5) is 0 Å². The van der Waals surface area contributed by atoms with E-state index in [0.717, 1.165) is 24.0 Å². The van der Waals surface area contributed by atoms with E-state index in [9.17, 15) is 4.79 Å². The summed E-state index contributed by atoms with van der Waals surface area (Å²) in [5, 5.41) is 3.04. The molecule has 0 radical (unpaired) electrons. The molecule has 0 aliphatic carbocycles. The van der Waals surface area contributed by atoms with Gasteiger partial charge in [-0.25, -0.2) is 0 Å². The average Bonchev–Trinajstić information content (AvgIpc) is 2.44. The molecule has 1 rings (SSSR count). The fraction of sp³-hybridized carbons (Fsp3) is 0.500. The second kappa shape index (κ2) is 8.49. The molecule has 21 heavy (non-hydrogen) atoms. The van der Waals surface area contributed by atoms with Gasteiger partial charge in [0.1, 0.15) is 0 Å². The molecule has 0 saturated carbocycles. The van der Waals surface area contributed by atoms with Crippen LogP contribution in [-0.4, -0.2) is 18.5 Å². The number of carbonyl (C=O) groups is 1. The van der Waals surface area contributed by atoms with Gasteiger partial charge in [-0.15, -0.1) is 0 Å². The maximum absolute atomic E-state index is 12.3. The molecule has 0 aliphatic rings. The minimum Gasteiger partial charge on any atom is -0.350 e. The first-order chi connectivity index (χ1) is 9.93. The molecule has 1 unspecified atom stereocenters. The lowest BCUT2D eigenvalue weighted by Gasteiger charge is -2.15. The van der Waals surface area contributed by atoms with Gasteiger partial charge in [0.05, 0.1) is 6.54 Å². The zero-order valence-corrected chi connectivity index (χ0v) is 13.5. The maximum atomic E-state index is 12.3. The third-order valence-electron chi connectivity index (χ3n) is 3.38. The molecule has 0 aromatic heterocycles. The van der Waals surface area contributed by atoms with Crippen molar-refractivity contribution in [3.63, 3.8) is 0 Å². The number of rotatable bonds is 5. The number of carbonyl (C=O) groups excluding carboxylic acids is 1. The smallest absolute Gasteiger partial charge is 0.251 e. The number of nitrogens with two attached hydrogens (primary N) is 1. The van der Waals surface area contributed by atoms with Crippen LogP contribution < -0.4 is 11.1 Å². The van der Waals surface area contributed by atoms with Crippen molar-refractivity contribution >= 4 is 5.91 Å². The normalized spacial score (nSPS) is 11.7. The van der Waals surface area contributed by atoms with E-state index in [1.54, 1.807) is 0 Å². The largest absolute Gasteiger partial charge is 0.350 e. The Labute approximate surface area is 128 Å². The summed E-state index contributed by atoms with van der Waals surface area (Å²) in [4.78, 5) is 12.3. The standard InChI is InChI=1S/C18H26N2O/c1-13(2)7-9-15(4)20-18(21)17-10-8-14(3)16(12-17)6-5-11-19/h8,10,12-13,15H,7,9,11,19H2,1-4H3,(H,20,21). The summed E-state index contributed by atoms with van der Waals surface area (Å²) in [5.41, 5.74) is 7.97. The first kappa shape index (κ1) is 17.3. The Morgan fingerprint density at radius 1 is 1.29 bits per heavy atom. The molecule has 1 amide bonds. The first-order valence-electron chi connectivity index (χ1n) is 7.54. The van der Waals surface area contributed by atoms with Gasteiger partial charge in [0.15, 0.2) is 0 Å². The highest BCUT2D eigenvalue weighted by atomic mass is 16.1. The number of hydrogen-bond donors (Lipinski definition) is 2. The molecular formula is C18H26N2O. The first-order valence-corrected chi connectivity index (χ1v) is 7.54. The van der Waals surface area contributed by atoms with Crippen LogP contribution in [0.3, 0.4) is 0 Å². The SMILES string of the molecule is Cc1ccc(C(=O)NC(C)CCC(C)C)cc1C#CCN. The Bertz CT molecular complexity index is 538. The second-order valence-electron chi connectivity index (χ2n) is 5.88. The third-order valence-corrected chi connectivity index (χ3v) is 3.38. The molecule has 0 heterocycles. The molecule has 0 bridgehead atoms. The van der Waals surface area contributed by atoms with Crippen LogP contribution >= 0.6 is 0 Å². The van der Waals surface area contributed by atoms with E-state index >= 15 is 0 Å². The van der Waals surface area contributed by atoms with Crippen molar-refractivity contribution in [2.24, 2.45) is 11.7 Å². The molecular weight excluding hydrogens is 260 g/mol. The Morgan fingerprint density at radius 2 is 2.00 bits per heavy atom. The van der Waals surface area contributed by atoms with Gasteiger partial charge in [0, 0.05) is 17.2 Å². The molecule has 3 nitrogen and oxygen atoms in total. The summed E-state index contributed by atoms with van der Waals surface area (Å²) < 4.78 is 0. The lowest BCUT2D eigenvalue weighted by molar-refractivity contribution is 0.0937. The van der Waals surface area contributed by atoms with Crippen LogP contribution in [0.5, 0.6) is 0 Å². The van der Waals surface area contributed by atoms with Crippen molar-refractivity contribution in [1.29, 1.82) is 0 Å². The van der Waals surface area contributed by atoms with Crippen molar-refractivity contribution < 1.29 is 4.79 Å². The van der Waals surface area contributed by atoms with Gasteiger partial charge in [0.25, 0.3) is 5.91 Å². The Kier molecular flexibility index (Phi) is 6.98. The molecule has 1 aromatic rings. The van der Waals surface area contributed by atoms with Gasteiger partial charge in [0.2, 0.25) is 0 Å². The van der Waals surface area contributed by atoms with Crippen molar-refractivity contribution in [2.75, 3.05) is 6.54 Å². The molecule has 0 aliphatic heterocycles. The lowest BCUT2D eigenvalue weighted by atomic mass is 10.0. The lowest BCUT2D eigenvalue weighted by Crippen LogP contribution is -2.32. The van der Waals surface area contributed by atoms with Crippen molar-refractivity contribution in [3.8, 4) is 11.8 Å². The predicted octanol–water partition coefficient (Wildman–Crippen LogP) is 2.86. The quantitative estimate of drug-likeness (QED) is 0.818. The molecule has 1 aromatic carbocycles. The van der Waals surface area contributed by atoms with Gasteiger partial charge in [-0.1, -0.05) is 31.8 Å². The fourth-order valence-electron chi connectivity index (χ4n) is 2.01. The minimum absolute atomic E-state index is 0.0398. The Balaban J connectivity index is 2.74. The van der Waals surface area contributed by atoms with E-state index in [-0.39, 0.29) is 11.9 Å². The number of amides is 1. The van der Waals surface area contributed by atoms with Gasteiger partial charge in [-0.2, -0.15) is 0 Å². The highest BCUT2D eigenvalue weighted by Gasteiger charge is 2.11. The molecule has 0 fully saturated rings. The monoisotopic (exact) mass is 286 g/mol. The number of nitrogens with one attached hydrogen (secondary N) is 1. The van der Waals surface area contributed by atoms with Crippen LogP contribution in [0.2, 0.25) is 0 Å². The molecule has 3 heteroatoms. The number of aryl methyl sites for hydroxylation is 1. The molecule has 0 saturated heterocycles. The van der Waals surface area contributed by atoms with Gasteiger partial charge in [-0.05, 0) is 50.3 Å². The Hall–Kier alpha value is -1.79. The summed E-state index contributed by atoms with van der Waals surface area (Å²) in [6.45, 7) is 8.73. The molecule has 114 valence electrons. The zero-order chi connectivity index (χ0) is 15.8. The second-order valence-corrected chi connectivity index (χ2v) is 5.88. The van der Waals surface area contributed by atoms with E-state index in [4.69, 9.17) is 5.73 Å². The van der Waals surface area contributed by atoms with E-state index in [1.807, 2.05) is 32.0 Å². The summed E-state index contributed by atoms with van der Waals surface area (Å²) >= 11 is 0. The van der Waals surface area contributed by atoms with Gasteiger partial charge >= 0.3 is 0 Å². The van der Waals surface area contributed by atoms with Crippen LogP contribution in [0.1, 0.15) is 55.1 Å². The highest BCUT2D eigenvalue weighted by Crippen LogP contribution is 2.11. The zero-order valence-electron chi connectivity index (χ0n) is 13.5. The molecule has 0 spiro atoms. The molecule has 1 atom stereocenters. The maximum Gasteiger partial charge on any atom is 0.251 e. The van der Waals surface area contributed by atoms with E-state index in [1.165, 1.54) is 0 Å². The van der Waals surface area contributed by atoms with E-state index < -0.39 is 0 Å². The summed E-state index contributed by atoms with van der Waals surface area (Å²) in [7, 11) is 0. The number of hydrogen-bond acceptors (Lipinski definition) is 2. The van der Waals surface area contributed by atoms with Crippen LogP contribution in [0, 0.1) is 24.7 Å². The van der Waals surface area contributed by atoms with Gasteiger partial charge < -0.3 is 11.1 Å². The van der Waals surface area contributed by atoms with Crippen LogP contribution in [-0.2, 0) is 0 Å². The van der Waals surface area contributed by atoms with E-state index in [2.05, 4.69) is 31.0 Å². The van der Waals surface area contributed by atoms with Crippen molar-refractivity contribution in [2.45, 2.75) is 46.6 Å². The molecule has 3 N–H and O–H groups in total. The summed E-state index contributed by atoms with van der Waals surface area (Å²) in [6, 6.07) is 5.78. The van der Waals surface area contributed by atoms with Crippen molar-refractivity contribution in [3.05, 3.63) is 34.9 Å². The third kappa shape index (κ3) is 6.01. The Morgan fingerprint density at radius 3 is 2.62 bits per heavy atom. The summed E-state index contributed by atoms with van der Waals surface area (Å²) in [6.07, 6.45) is 2.11. The average molecular weight is 286 g/mol. The van der Waals surface area contributed by atoms with Crippen LogP contribution in [0.25, 0.3) is 0 Å². The highest BCUT2D eigenvalue weighted by molar-refractivity contribution is 5.94.